The van der Waals surface area contributed by atoms with Crippen LogP contribution in [0.25, 0.3) is 11.6 Å². The summed E-state index contributed by atoms with van der Waals surface area (Å²) in [6, 6.07) is 11.3. The van der Waals surface area contributed by atoms with Gasteiger partial charge in [0.25, 0.3) is 11.6 Å². The van der Waals surface area contributed by atoms with Crippen molar-refractivity contribution < 1.29 is 14.5 Å². The summed E-state index contributed by atoms with van der Waals surface area (Å²) < 4.78 is 0. The number of nitrogens with zero attached hydrogens (tertiary/aromatic N) is 3. The number of allylic oxidation sites excluding steroid dienone is 1. The lowest BCUT2D eigenvalue weighted by molar-refractivity contribution is -0.384. The van der Waals surface area contributed by atoms with E-state index in [0.29, 0.717) is 5.56 Å². The van der Waals surface area contributed by atoms with Crippen molar-refractivity contribution in [1.82, 2.24) is 10.2 Å². The average Bonchev–Trinajstić information content (AvgIpc) is 3.01. The van der Waals surface area contributed by atoms with E-state index in [9.17, 15) is 19.7 Å². The minimum Gasteiger partial charge on any atom is -0.363 e. The van der Waals surface area contributed by atoms with Gasteiger partial charge in [-0.1, -0.05) is 24.3 Å². The molecule has 1 fully saturated rings. The van der Waals surface area contributed by atoms with Crippen molar-refractivity contribution in [3.63, 3.8) is 0 Å². The van der Waals surface area contributed by atoms with Gasteiger partial charge in [-0.15, -0.1) is 0 Å². The van der Waals surface area contributed by atoms with Crippen molar-refractivity contribution in [2.24, 2.45) is 0 Å². The summed E-state index contributed by atoms with van der Waals surface area (Å²) in [5.74, 6) is -0.431. The van der Waals surface area contributed by atoms with Gasteiger partial charge in [-0.05, 0) is 62.6 Å². The van der Waals surface area contributed by atoms with Crippen molar-refractivity contribution in [2.45, 2.75) is 39.8 Å². The number of rotatable bonds is 5. The average molecular weight is 447 g/mol. The smallest absolute Gasteiger partial charge is 0.329 e. The van der Waals surface area contributed by atoms with Gasteiger partial charge in [0.2, 0.25) is 0 Å². The molecule has 0 spiro atoms. The molecule has 2 aliphatic rings. The van der Waals surface area contributed by atoms with E-state index in [4.69, 9.17) is 0 Å². The number of carbonyl (C=O) groups is 2. The zero-order valence-electron chi connectivity index (χ0n) is 19.1. The first-order valence-electron chi connectivity index (χ1n) is 10.8. The highest BCUT2D eigenvalue weighted by molar-refractivity contribution is 6.14. The highest BCUT2D eigenvalue weighted by Gasteiger charge is 2.34. The molecule has 0 radical (unpaired) electrons. The predicted octanol–water partition coefficient (Wildman–Crippen LogP) is 4.71. The van der Waals surface area contributed by atoms with Crippen LogP contribution in [0.2, 0.25) is 0 Å². The number of amides is 3. The summed E-state index contributed by atoms with van der Waals surface area (Å²) in [4.78, 5) is 39.1. The molecule has 2 aliphatic heterocycles. The minimum atomic E-state index is -0.516. The van der Waals surface area contributed by atoms with E-state index in [0.717, 1.165) is 28.3 Å². The van der Waals surface area contributed by atoms with E-state index in [-0.39, 0.29) is 23.5 Å². The third-order valence-corrected chi connectivity index (χ3v) is 6.08. The molecular formula is C25H26N4O4. The van der Waals surface area contributed by atoms with Crippen molar-refractivity contribution in [3.05, 3.63) is 81.0 Å². The number of urea groups is 1. The number of nitro benzene ring substituents is 1. The zero-order valence-corrected chi connectivity index (χ0v) is 19.1. The van der Waals surface area contributed by atoms with Gasteiger partial charge in [0.15, 0.2) is 0 Å². The van der Waals surface area contributed by atoms with Crippen molar-refractivity contribution >= 4 is 35.0 Å². The summed E-state index contributed by atoms with van der Waals surface area (Å²) >= 11 is 0. The van der Waals surface area contributed by atoms with Crippen LogP contribution in [0.15, 0.2) is 54.2 Å². The molecule has 33 heavy (non-hydrogen) atoms. The lowest BCUT2D eigenvalue weighted by Crippen LogP contribution is -2.44. The number of imide groups is 1. The van der Waals surface area contributed by atoms with Gasteiger partial charge in [-0.2, -0.15) is 0 Å². The summed E-state index contributed by atoms with van der Waals surface area (Å²) in [7, 11) is 0. The minimum absolute atomic E-state index is 0.0343. The maximum absolute atomic E-state index is 12.9. The molecular weight excluding hydrogens is 420 g/mol. The highest BCUT2D eigenvalue weighted by Crippen LogP contribution is 2.39. The second-order valence-electron chi connectivity index (χ2n) is 8.80. The summed E-state index contributed by atoms with van der Waals surface area (Å²) in [5, 5.41) is 13.5. The first-order valence-corrected chi connectivity index (χ1v) is 10.8. The Labute approximate surface area is 192 Å². The summed E-state index contributed by atoms with van der Waals surface area (Å²) in [6.45, 7) is 9.49. The first kappa shape index (κ1) is 22.3. The third-order valence-electron chi connectivity index (χ3n) is 6.08. The Bertz CT molecular complexity index is 1210. The van der Waals surface area contributed by atoms with E-state index >= 15 is 0 Å². The number of likely N-dealkylation sites (N-methyl/N-ethyl adjacent to an activating group) is 1. The van der Waals surface area contributed by atoms with E-state index in [1.54, 1.807) is 18.2 Å². The molecule has 0 saturated carbocycles. The van der Waals surface area contributed by atoms with Crippen LogP contribution < -0.4 is 10.2 Å². The molecule has 0 bridgehead atoms. The van der Waals surface area contributed by atoms with Gasteiger partial charge in [0, 0.05) is 29.9 Å². The number of non-ortho nitro benzene ring substituents is 1. The van der Waals surface area contributed by atoms with Gasteiger partial charge in [0.05, 0.1) is 17.0 Å². The zero-order chi connectivity index (χ0) is 23.9. The molecule has 8 heteroatoms. The number of fused-ring (bicyclic) bond motifs is 1. The lowest BCUT2D eigenvalue weighted by Gasteiger charge is -2.42. The number of anilines is 1. The molecule has 4 rings (SSSR count). The second kappa shape index (κ2) is 8.20. The molecule has 0 atom stereocenters. The van der Waals surface area contributed by atoms with Crippen molar-refractivity contribution in [1.29, 1.82) is 0 Å². The van der Waals surface area contributed by atoms with E-state index in [2.05, 4.69) is 50.1 Å². The summed E-state index contributed by atoms with van der Waals surface area (Å²) in [5.41, 5.74) is 4.93. The van der Waals surface area contributed by atoms with Gasteiger partial charge >= 0.3 is 6.03 Å². The van der Waals surface area contributed by atoms with Gasteiger partial charge in [-0.25, -0.2) is 4.79 Å². The topological polar surface area (TPSA) is 95.8 Å². The Morgan fingerprint density at radius 2 is 1.82 bits per heavy atom. The van der Waals surface area contributed by atoms with E-state index in [1.807, 2.05) is 12.1 Å². The fraction of sp³-hybridized carbons (Fsp3) is 0.280. The second-order valence-corrected chi connectivity index (χ2v) is 8.80. The Balaban J connectivity index is 1.58. The molecule has 8 nitrogen and oxygen atoms in total. The summed E-state index contributed by atoms with van der Waals surface area (Å²) in [6.07, 6.45) is 3.92. The monoisotopic (exact) mass is 446 g/mol. The van der Waals surface area contributed by atoms with Gasteiger partial charge < -0.3 is 10.2 Å². The van der Waals surface area contributed by atoms with Crippen LogP contribution in [0.4, 0.5) is 16.2 Å². The lowest BCUT2D eigenvalue weighted by atomic mass is 9.88. The Morgan fingerprint density at radius 1 is 1.12 bits per heavy atom. The van der Waals surface area contributed by atoms with Crippen LogP contribution in [0.1, 0.15) is 44.4 Å². The van der Waals surface area contributed by atoms with Crippen LogP contribution in [0, 0.1) is 10.1 Å². The molecule has 0 unspecified atom stereocenters. The fourth-order valence-electron chi connectivity index (χ4n) is 4.56. The maximum Gasteiger partial charge on any atom is 0.329 e. The first-order chi connectivity index (χ1) is 15.6. The molecule has 2 aromatic carbocycles. The largest absolute Gasteiger partial charge is 0.363 e. The Morgan fingerprint density at radius 3 is 2.45 bits per heavy atom. The number of nitro groups is 1. The highest BCUT2D eigenvalue weighted by atomic mass is 16.6. The molecule has 1 saturated heterocycles. The number of hydrogen-bond donors (Lipinski definition) is 1. The number of benzene rings is 2. The molecule has 2 heterocycles. The fourth-order valence-corrected chi connectivity index (χ4v) is 4.56. The maximum atomic E-state index is 12.9. The number of nitrogens with one attached hydrogen (secondary N) is 1. The van der Waals surface area contributed by atoms with Crippen LogP contribution >= 0.6 is 0 Å². The molecule has 0 aromatic heterocycles. The SMILES string of the molecule is CCN1c2ccc(/C=C3/NC(=O)N(Cc4ccc([N+](=O)[O-])cc4)C3=O)cc2C(C)=CC1(C)C. The van der Waals surface area contributed by atoms with Crippen LogP contribution in [0.5, 0.6) is 0 Å². The quantitative estimate of drug-likeness (QED) is 0.311. The number of carbonyl (C=O) groups excluding carboxylic acids is 2. The van der Waals surface area contributed by atoms with Crippen LogP contribution in [0.3, 0.4) is 0 Å². The Hall–Kier alpha value is -3.94. The third kappa shape index (κ3) is 4.11. The number of hydrogen-bond acceptors (Lipinski definition) is 5. The van der Waals surface area contributed by atoms with Gasteiger partial charge in [0.1, 0.15) is 5.70 Å². The van der Waals surface area contributed by atoms with Crippen LogP contribution in [-0.2, 0) is 11.3 Å². The van der Waals surface area contributed by atoms with Gasteiger partial charge in [-0.3, -0.25) is 19.8 Å². The molecule has 0 aliphatic carbocycles. The van der Waals surface area contributed by atoms with Crippen molar-refractivity contribution in [2.75, 3.05) is 11.4 Å². The van der Waals surface area contributed by atoms with Crippen LogP contribution in [-0.4, -0.2) is 33.8 Å². The normalized spacial score (nSPS) is 18.3. The molecule has 1 N–H and O–H groups in total. The molecule has 170 valence electrons. The molecule has 2 aromatic rings. The standard InChI is InChI=1S/C25H26N4O4/c1-5-28-22-11-8-18(12-20(22)16(2)14-25(28,3)4)13-21-23(30)27(24(31)26-21)15-17-6-9-19(10-7-17)29(32)33/h6-14H,5,15H2,1-4H3,(H,26,31)/b21-13+. The van der Waals surface area contributed by atoms with E-state index in [1.165, 1.54) is 17.7 Å². The Kier molecular flexibility index (Phi) is 5.53. The van der Waals surface area contributed by atoms with E-state index < -0.39 is 16.9 Å². The molecule has 3 amide bonds. The predicted molar refractivity (Wildman–Crippen MR) is 127 cm³/mol. The van der Waals surface area contributed by atoms with Crippen molar-refractivity contribution in [3.8, 4) is 0 Å².